The first-order chi connectivity index (χ1) is 35.8. The number of halogens is 3. The summed E-state index contributed by atoms with van der Waals surface area (Å²) in [6.45, 7) is 18.7. The molecule has 10 rings (SSSR count). The van der Waals surface area contributed by atoms with E-state index in [-0.39, 0.29) is 26.1 Å². The molecule has 2 unspecified atom stereocenters. The molecule has 7 heterocycles. The monoisotopic (exact) mass is 1020 g/mol. The predicted molar refractivity (Wildman–Crippen MR) is 298 cm³/mol. The molecule has 0 saturated carbocycles. The molecule has 4 aliphatic rings. The van der Waals surface area contributed by atoms with Crippen LogP contribution in [0.1, 0.15) is 193 Å². The number of hydrogen-bond donors (Lipinski definition) is 2. The maximum Gasteiger partial charge on any atom is 0.269 e. The fourth-order valence-corrected chi connectivity index (χ4v) is 11.5. The fraction of sp³-hybridized carbons (Fsp3) is 0.517. The zero-order valence-corrected chi connectivity index (χ0v) is 45.1. The molecule has 3 aromatic carbocycles. The highest BCUT2D eigenvalue weighted by Gasteiger charge is 2.31. The second-order valence-electron chi connectivity index (χ2n) is 20.4. The number of amides is 2. The molecule has 2 amide bonds. The SMILES string of the molecule is CC.CCC(C)c1cc2c(cc1C(F)CC)N(c1cn(C3CCOCC3)c3ccc(C(=O)NC)nc13)CCC2.CNC(=O)c1ccc2c(c1)c(N1CCCc3cc(C(C)C)c(C(F)F)cc31)cn2C1CCOCC1.[HH].[HH]. The van der Waals surface area contributed by atoms with E-state index in [2.05, 4.69) is 67.9 Å². The van der Waals surface area contributed by atoms with E-state index in [1.54, 1.807) is 26.2 Å². The molecule has 6 aromatic rings. The number of pyridine rings is 1. The number of aromatic nitrogens is 3. The normalized spacial score (nSPS) is 17.1. The Hall–Kier alpha value is -5.86. The number of aryl methyl sites for hydroxylation is 2. The van der Waals surface area contributed by atoms with Gasteiger partial charge in [0.05, 0.1) is 22.4 Å². The van der Waals surface area contributed by atoms with Gasteiger partial charge in [-0.3, -0.25) is 9.59 Å². The number of nitrogens with zero attached hydrogens (tertiary/aromatic N) is 5. The number of fused-ring (bicyclic) bond motifs is 4. The molecule has 11 nitrogen and oxygen atoms in total. The number of benzene rings is 3. The maximum absolute atomic E-state index is 15.3. The second kappa shape index (κ2) is 24.2. The van der Waals surface area contributed by atoms with Gasteiger partial charge >= 0.3 is 0 Å². The lowest BCUT2D eigenvalue weighted by Gasteiger charge is -2.33. The molecule has 2 fully saturated rings. The molecule has 4 aliphatic heterocycles. The van der Waals surface area contributed by atoms with E-state index in [0.717, 1.165) is 164 Å². The Labute approximate surface area is 439 Å². The highest BCUT2D eigenvalue weighted by Crippen LogP contribution is 2.46. The molecule has 3 aromatic heterocycles. The van der Waals surface area contributed by atoms with Crippen LogP contribution in [0.4, 0.5) is 35.9 Å². The van der Waals surface area contributed by atoms with Crippen molar-refractivity contribution >= 4 is 56.5 Å². The van der Waals surface area contributed by atoms with Gasteiger partial charge in [0.2, 0.25) is 0 Å². The Morgan fingerprint density at radius 3 is 1.76 bits per heavy atom. The Morgan fingerprint density at radius 2 is 1.20 bits per heavy atom. The minimum atomic E-state index is -2.52. The van der Waals surface area contributed by atoms with Crippen LogP contribution in [0.15, 0.2) is 67.0 Å². The Morgan fingerprint density at radius 1 is 0.662 bits per heavy atom. The number of hydrogen-bond acceptors (Lipinski definition) is 7. The van der Waals surface area contributed by atoms with E-state index >= 15 is 4.39 Å². The third-order valence-electron chi connectivity index (χ3n) is 15.7. The smallest absolute Gasteiger partial charge is 0.269 e. The van der Waals surface area contributed by atoms with Gasteiger partial charge in [-0.05, 0) is 146 Å². The van der Waals surface area contributed by atoms with Crippen molar-refractivity contribution in [1.29, 1.82) is 0 Å². The lowest BCUT2D eigenvalue weighted by atomic mass is 9.86. The van der Waals surface area contributed by atoms with Crippen LogP contribution in [0.2, 0.25) is 0 Å². The molecule has 0 aliphatic carbocycles. The molecule has 2 saturated heterocycles. The van der Waals surface area contributed by atoms with E-state index in [1.807, 2.05) is 65.0 Å². The molecule has 0 bridgehead atoms. The molecular formula is C60H82F3N7O4. The summed E-state index contributed by atoms with van der Waals surface area (Å²) in [7, 11) is 3.25. The first-order valence-electron chi connectivity index (χ1n) is 27.4. The van der Waals surface area contributed by atoms with E-state index in [9.17, 15) is 18.4 Å². The van der Waals surface area contributed by atoms with Gasteiger partial charge in [0.25, 0.3) is 18.2 Å². The van der Waals surface area contributed by atoms with Gasteiger partial charge in [-0.15, -0.1) is 0 Å². The minimum Gasteiger partial charge on any atom is -0.381 e. The summed E-state index contributed by atoms with van der Waals surface area (Å²) in [6, 6.07) is 18.3. The summed E-state index contributed by atoms with van der Waals surface area (Å²) < 4.78 is 59.3. The van der Waals surface area contributed by atoms with Crippen molar-refractivity contribution < 1.29 is 35.1 Å². The van der Waals surface area contributed by atoms with Crippen LogP contribution < -0.4 is 20.4 Å². The van der Waals surface area contributed by atoms with Gasteiger partial charge in [0.1, 0.15) is 17.4 Å². The molecule has 0 spiro atoms. The number of ether oxygens (including phenoxy) is 2. The third kappa shape index (κ3) is 10.9. The van der Waals surface area contributed by atoms with Crippen molar-refractivity contribution in [2.75, 3.05) is 63.4 Å². The van der Waals surface area contributed by atoms with Gasteiger partial charge in [0.15, 0.2) is 0 Å². The zero-order valence-electron chi connectivity index (χ0n) is 45.1. The third-order valence-corrected chi connectivity index (χ3v) is 15.7. The largest absolute Gasteiger partial charge is 0.381 e. The number of anilines is 4. The van der Waals surface area contributed by atoms with Crippen LogP contribution in [0.5, 0.6) is 0 Å². The molecule has 2 atom stereocenters. The number of rotatable bonds is 12. The predicted octanol–water partition coefficient (Wildman–Crippen LogP) is 14.8. The van der Waals surface area contributed by atoms with E-state index in [4.69, 9.17) is 14.5 Å². The average Bonchev–Trinajstić information content (AvgIpc) is 4.03. The lowest BCUT2D eigenvalue weighted by molar-refractivity contribution is 0.0706. The summed E-state index contributed by atoms with van der Waals surface area (Å²) in [4.78, 5) is 34.3. The van der Waals surface area contributed by atoms with Crippen LogP contribution in [0.25, 0.3) is 21.9 Å². The first-order valence-corrected chi connectivity index (χ1v) is 27.4. The number of carbonyl (C=O) groups excluding carboxylic acids is 2. The van der Waals surface area contributed by atoms with Crippen molar-refractivity contribution in [2.45, 2.75) is 149 Å². The molecular weight excluding hydrogens is 940 g/mol. The maximum atomic E-state index is 15.3. The van der Waals surface area contributed by atoms with Crippen LogP contribution in [-0.2, 0) is 22.3 Å². The van der Waals surface area contributed by atoms with Crippen molar-refractivity contribution in [3.05, 3.63) is 112 Å². The first kappa shape index (κ1) is 54.4. The Kier molecular flexibility index (Phi) is 17.8. The molecule has 14 heteroatoms. The summed E-state index contributed by atoms with van der Waals surface area (Å²) in [5.74, 6) is 0.00426. The quantitative estimate of drug-likeness (QED) is 0.126. The topological polar surface area (TPSA) is 106 Å². The van der Waals surface area contributed by atoms with Crippen LogP contribution in [0, 0.1) is 0 Å². The highest BCUT2D eigenvalue weighted by molar-refractivity contribution is 6.03. The number of nitrogens with one attached hydrogen (secondary N) is 2. The van der Waals surface area contributed by atoms with Gasteiger partial charge < -0.3 is 39.0 Å². The standard InChI is InChI=1S/C30H39FN4O2.C28H33F2N3O2.C2H6.2H2/c1-5-19(3)22-16-20-8-7-13-34(27(20)17-23(22)24(31)6-2)28-18-35(21-11-14-37-15-12-21)26-10-9-25(30(36)32-4)33-29(26)28;1-17(2)21-13-18-5-4-10-32(25(18)15-22(21)27(29)30)26-16-33(20-8-11-35-12-9-20)24-7-6-19(14-23(24)26)28(34)31-3;1-2;;/h9-10,16-19,21,24H,5-8,11-15H2,1-4H3,(H,32,36);6-7,13-17,20,27H,4-5,8-12H2,1-3H3,(H,31,34);1-2H3;2*1H. The number of alkyl halides is 3. The van der Waals surface area contributed by atoms with Gasteiger partial charge in [-0.25, -0.2) is 18.2 Å². The van der Waals surface area contributed by atoms with E-state index in [0.29, 0.717) is 35.7 Å². The molecule has 2 N–H and O–H groups in total. The van der Waals surface area contributed by atoms with Gasteiger partial charge in [-0.2, -0.15) is 0 Å². The molecule has 402 valence electrons. The lowest BCUT2D eigenvalue weighted by Crippen LogP contribution is -2.25. The fourth-order valence-electron chi connectivity index (χ4n) is 11.5. The molecule has 0 radical (unpaired) electrons. The summed E-state index contributed by atoms with van der Waals surface area (Å²) >= 11 is 0. The van der Waals surface area contributed by atoms with Crippen LogP contribution in [0.3, 0.4) is 0 Å². The number of carbonyl (C=O) groups is 2. The Balaban J connectivity index is 0.000000233. The van der Waals surface area contributed by atoms with Crippen LogP contribution in [-0.4, -0.2) is 79.5 Å². The summed E-state index contributed by atoms with van der Waals surface area (Å²) in [5, 5.41) is 6.38. The van der Waals surface area contributed by atoms with Crippen molar-refractivity contribution in [3.63, 3.8) is 0 Å². The average molecular weight is 1020 g/mol. The van der Waals surface area contributed by atoms with Crippen molar-refractivity contribution in [3.8, 4) is 0 Å². The molecule has 74 heavy (non-hydrogen) atoms. The zero-order chi connectivity index (χ0) is 52.8. The Bertz CT molecular complexity index is 2930. The van der Waals surface area contributed by atoms with E-state index in [1.165, 1.54) is 5.56 Å². The van der Waals surface area contributed by atoms with Crippen LogP contribution >= 0.6 is 0 Å². The highest BCUT2D eigenvalue weighted by atomic mass is 19.3. The second-order valence-corrected chi connectivity index (χ2v) is 20.4. The van der Waals surface area contributed by atoms with Gasteiger partial charge in [0, 0.05) is 109 Å². The van der Waals surface area contributed by atoms with E-state index < -0.39 is 12.6 Å². The summed E-state index contributed by atoms with van der Waals surface area (Å²) in [5.41, 5.74) is 12.9. The van der Waals surface area contributed by atoms with Crippen molar-refractivity contribution in [2.24, 2.45) is 0 Å². The van der Waals surface area contributed by atoms with Gasteiger partial charge in [-0.1, -0.05) is 60.6 Å². The summed E-state index contributed by atoms with van der Waals surface area (Å²) in [6.07, 6.45) is 9.82. The minimum absolute atomic E-state index is 0. The van der Waals surface area contributed by atoms with Crippen molar-refractivity contribution in [1.82, 2.24) is 24.8 Å².